The summed E-state index contributed by atoms with van der Waals surface area (Å²) < 4.78 is 31.7. The van der Waals surface area contributed by atoms with Gasteiger partial charge in [-0.3, -0.25) is 0 Å². The normalized spacial score (nSPS) is 23.8. The summed E-state index contributed by atoms with van der Waals surface area (Å²) in [5.74, 6) is 0. The van der Waals surface area contributed by atoms with Crippen molar-refractivity contribution in [1.29, 1.82) is 0 Å². The first-order chi connectivity index (χ1) is 4.41. The molecular formula is H3NO7P2. The Bertz CT molecular complexity index is 206. The van der Waals surface area contributed by atoms with Crippen molar-refractivity contribution >= 4 is 15.6 Å². The Kier molecular flexibility index (Phi) is 1.97. The van der Waals surface area contributed by atoms with Gasteiger partial charge in [0.2, 0.25) is 0 Å². The fourth-order valence-electron chi connectivity index (χ4n) is 0.262. The second-order valence-corrected chi connectivity index (χ2v) is 4.18. The first-order valence-electron chi connectivity index (χ1n) is 1.90. The number of phosphoric acid groups is 2. The molecule has 1 fully saturated rings. The van der Waals surface area contributed by atoms with Crippen molar-refractivity contribution in [3.63, 3.8) is 0 Å². The van der Waals surface area contributed by atoms with Gasteiger partial charge in [-0.25, -0.2) is 9.13 Å². The van der Waals surface area contributed by atoms with E-state index in [1.807, 2.05) is 0 Å². The first-order valence-corrected chi connectivity index (χ1v) is 4.89. The van der Waals surface area contributed by atoms with E-state index in [0.29, 0.717) is 0 Å². The Morgan fingerprint density at radius 1 is 1.50 bits per heavy atom. The minimum Gasteiger partial charge on any atom is -0.302 e. The molecule has 0 spiro atoms. The van der Waals surface area contributed by atoms with E-state index in [4.69, 9.17) is 9.79 Å². The molecule has 8 nitrogen and oxygen atoms in total. The van der Waals surface area contributed by atoms with Gasteiger partial charge in [-0.15, -0.1) is 0 Å². The fourth-order valence-corrected chi connectivity index (χ4v) is 1.77. The van der Waals surface area contributed by atoms with Crippen LogP contribution in [0.1, 0.15) is 0 Å². The van der Waals surface area contributed by atoms with Gasteiger partial charge in [0.05, 0.1) is 0 Å². The molecule has 1 aliphatic heterocycles. The molecule has 1 saturated heterocycles. The summed E-state index contributed by atoms with van der Waals surface area (Å²) in [5, 5.41) is 0. The van der Waals surface area contributed by atoms with Crippen molar-refractivity contribution in [2.45, 2.75) is 0 Å². The molecule has 0 saturated carbocycles. The molecule has 0 aromatic rings. The van der Waals surface area contributed by atoms with E-state index in [1.54, 1.807) is 5.64 Å². The van der Waals surface area contributed by atoms with E-state index in [-0.39, 0.29) is 0 Å². The lowest BCUT2D eigenvalue weighted by atomic mass is 13.2. The summed E-state index contributed by atoms with van der Waals surface area (Å²) in [6.07, 6.45) is 0. The molecule has 0 atom stereocenters. The van der Waals surface area contributed by atoms with Crippen molar-refractivity contribution in [2.24, 2.45) is 0 Å². The molecule has 1 rings (SSSR count). The summed E-state index contributed by atoms with van der Waals surface area (Å²) >= 11 is 0. The Balaban J connectivity index is 2.54. The molecule has 0 aromatic heterocycles. The highest BCUT2D eigenvalue weighted by molar-refractivity contribution is 7.61. The summed E-state index contributed by atoms with van der Waals surface area (Å²) in [7, 11) is -8.79. The van der Waals surface area contributed by atoms with Crippen LogP contribution < -0.4 is 5.64 Å². The van der Waals surface area contributed by atoms with Gasteiger partial charge in [-0.05, 0) is 0 Å². The maximum absolute atomic E-state index is 10.5. The molecule has 3 N–H and O–H groups in total. The van der Waals surface area contributed by atoms with Crippen LogP contribution in [0.15, 0.2) is 0 Å². The summed E-state index contributed by atoms with van der Waals surface area (Å²) in [5.41, 5.74) is 1.59. The molecule has 0 unspecified atom stereocenters. The van der Waals surface area contributed by atoms with Crippen LogP contribution in [0.4, 0.5) is 0 Å². The topological polar surface area (TPSA) is 114 Å². The highest BCUT2D eigenvalue weighted by atomic mass is 31.3. The molecule has 10 heteroatoms. The lowest BCUT2D eigenvalue weighted by Gasteiger charge is -2.23. The predicted molar refractivity (Wildman–Crippen MR) is 26.0 cm³/mol. The summed E-state index contributed by atoms with van der Waals surface area (Å²) in [6.45, 7) is 0. The second-order valence-electron chi connectivity index (χ2n) is 1.29. The van der Waals surface area contributed by atoms with Crippen molar-refractivity contribution in [2.75, 3.05) is 0 Å². The Hall–Kier alpha value is 0.220. The minimum atomic E-state index is -4.81. The molecule has 0 radical (unpaired) electrons. The average Bonchev–Trinajstić information content (AvgIpc) is 1.57. The third-order valence-electron chi connectivity index (χ3n) is 0.505. The molecular weight excluding hydrogens is 188 g/mol. The van der Waals surface area contributed by atoms with Crippen LogP contribution in [-0.4, -0.2) is 9.79 Å². The standard InChI is InChI=1S/H3NO7P2/c2-9(3,4)8-10(5)6-1-7-10/h1H,(H2,2,3,4). The van der Waals surface area contributed by atoms with E-state index in [0.717, 1.165) is 0 Å². The van der Waals surface area contributed by atoms with E-state index in [2.05, 4.69) is 13.6 Å². The van der Waals surface area contributed by atoms with Gasteiger partial charge in [-0.1, -0.05) is 5.64 Å². The molecule has 60 valence electrons. The molecule has 0 bridgehead atoms. The maximum Gasteiger partial charge on any atom is 0.520 e. The maximum atomic E-state index is 10.5. The average molecular weight is 191 g/mol. The van der Waals surface area contributed by atoms with Crippen LogP contribution in [0, 0.1) is 0 Å². The molecule has 0 aromatic carbocycles. The van der Waals surface area contributed by atoms with Crippen LogP contribution in [0.2, 0.25) is 0 Å². The van der Waals surface area contributed by atoms with Crippen molar-refractivity contribution in [3.8, 4) is 0 Å². The second kappa shape index (κ2) is 2.37. The van der Waals surface area contributed by atoms with Crippen LogP contribution in [-0.2, 0) is 22.7 Å². The molecule has 0 amide bonds. The zero-order valence-corrected chi connectivity index (χ0v) is 6.12. The Labute approximate surface area is 54.9 Å². The lowest BCUT2D eigenvalue weighted by Crippen LogP contribution is -2.25. The van der Waals surface area contributed by atoms with E-state index in [9.17, 15) is 9.13 Å². The Morgan fingerprint density at radius 3 is 2.10 bits per heavy atom. The first kappa shape index (κ1) is 8.32. The van der Waals surface area contributed by atoms with Gasteiger partial charge in [0.15, 0.2) is 0 Å². The smallest absolute Gasteiger partial charge is 0.302 e. The lowest BCUT2D eigenvalue weighted by molar-refractivity contribution is -0.143. The largest absolute Gasteiger partial charge is 0.520 e. The Morgan fingerprint density at radius 2 is 2.00 bits per heavy atom. The van der Waals surface area contributed by atoms with E-state index >= 15 is 0 Å². The van der Waals surface area contributed by atoms with Gasteiger partial charge in [-0.2, -0.15) is 13.6 Å². The number of rotatable bonds is 2. The van der Waals surface area contributed by atoms with Gasteiger partial charge in [0, 0.05) is 0 Å². The highest BCUT2D eigenvalue weighted by Crippen LogP contribution is 2.63. The van der Waals surface area contributed by atoms with Crippen molar-refractivity contribution in [1.82, 2.24) is 5.64 Å². The van der Waals surface area contributed by atoms with E-state index < -0.39 is 15.6 Å². The van der Waals surface area contributed by atoms with Gasteiger partial charge in [0.25, 0.3) is 0 Å². The quantitative estimate of drug-likeness (QED) is 0.508. The number of hydrogen-bond donors (Lipinski definition) is 3. The van der Waals surface area contributed by atoms with Crippen LogP contribution >= 0.6 is 15.6 Å². The van der Waals surface area contributed by atoms with E-state index in [1.165, 1.54) is 0 Å². The summed E-state index contributed by atoms with van der Waals surface area (Å²) in [4.78, 5) is 16.1. The minimum absolute atomic E-state index is 1.59. The zero-order chi connectivity index (χ0) is 7.83. The molecule has 1 heterocycles. The molecule has 0 aliphatic carbocycles. The third kappa shape index (κ3) is 2.12. The van der Waals surface area contributed by atoms with Crippen molar-refractivity contribution in [3.05, 3.63) is 0 Å². The molecule has 10 heavy (non-hydrogen) atoms. The van der Waals surface area contributed by atoms with Gasteiger partial charge >= 0.3 is 15.6 Å². The van der Waals surface area contributed by atoms with Gasteiger partial charge in [0.1, 0.15) is 0 Å². The highest BCUT2D eigenvalue weighted by Gasteiger charge is 2.43. The fraction of sp³-hybridized carbons (Fsp3) is 0. The molecule has 1 aliphatic rings. The van der Waals surface area contributed by atoms with Crippen LogP contribution in [0.25, 0.3) is 0 Å². The number of nitrogens with one attached hydrogen (secondary N) is 1. The van der Waals surface area contributed by atoms with Gasteiger partial charge < -0.3 is 9.79 Å². The SMILES string of the molecule is O=P(O)(O)OP1(=O)ONO1. The monoisotopic (exact) mass is 191 g/mol. The van der Waals surface area contributed by atoms with Crippen LogP contribution in [0.5, 0.6) is 0 Å². The zero-order valence-electron chi connectivity index (χ0n) is 4.33. The predicted octanol–water partition coefficient (Wildman–Crippen LogP) is -0.330. The summed E-state index contributed by atoms with van der Waals surface area (Å²) in [6, 6.07) is 0. The van der Waals surface area contributed by atoms with Crippen molar-refractivity contribution < 1.29 is 32.5 Å². The van der Waals surface area contributed by atoms with Crippen LogP contribution in [0.3, 0.4) is 0 Å². The third-order valence-corrected chi connectivity index (χ3v) is 2.75. The number of hydrogen-bond acceptors (Lipinski definition) is 6.